The first kappa shape index (κ1) is 16.9. The van der Waals surface area contributed by atoms with Gasteiger partial charge in [0.2, 0.25) is 5.12 Å². The Morgan fingerprint density at radius 1 is 1.28 bits per heavy atom. The minimum atomic E-state index is -1.24. The van der Waals surface area contributed by atoms with Crippen LogP contribution in [0.4, 0.5) is 0 Å². The Morgan fingerprint density at radius 3 is 2.33 bits per heavy atom. The fourth-order valence-corrected chi connectivity index (χ4v) is 1.95. The fraction of sp³-hybridized carbons (Fsp3) is 0.625. The molecular weight excluding hydrogens is 284 g/mol. The molecule has 2 atom stereocenters. The molecule has 0 rings (SSSR count). The molecule has 0 aliphatic carbocycles. The van der Waals surface area contributed by atoms with Gasteiger partial charge in [0.15, 0.2) is 6.04 Å². The minimum absolute atomic E-state index is 0.0309. The molecule has 0 aliphatic heterocycles. The van der Waals surface area contributed by atoms with E-state index in [2.05, 4.69) is 4.72 Å². The molecule has 0 heterocycles. The molecule has 0 unspecified atom stereocenters. The van der Waals surface area contributed by atoms with Crippen LogP contribution in [0.3, 0.4) is 0 Å². The molecule has 10 heteroatoms. The number of aliphatic carboxylic acids is 2. The molecule has 102 valence electrons. The van der Waals surface area contributed by atoms with Crippen LogP contribution in [-0.4, -0.2) is 45.1 Å². The summed E-state index contributed by atoms with van der Waals surface area (Å²) in [6.07, 6.45) is -0.126. The zero-order valence-corrected chi connectivity index (χ0v) is 10.8. The second-order valence-corrected chi connectivity index (χ2v) is 4.71. The zero-order chi connectivity index (χ0) is 14.1. The summed E-state index contributed by atoms with van der Waals surface area (Å²) >= 11 is 0.632. The predicted octanol–water partition coefficient (Wildman–Crippen LogP) is -1.18. The van der Waals surface area contributed by atoms with Crippen molar-refractivity contribution in [2.75, 3.05) is 5.75 Å². The van der Waals surface area contributed by atoms with Gasteiger partial charge in [-0.05, 0) is 18.4 Å². The van der Waals surface area contributed by atoms with Crippen molar-refractivity contribution in [3.05, 3.63) is 0 Å². The van der Waals surface area contributed by atoms with Crippen LogP contribution in [0.15, 0.2) is 0 Å². The normalized spacial score (nSPS) is 13.6. The monoisotopic (exact) mass is 297 g/mol. The van der Waals surface area contributed by atoms with E-state index in [1.165, 1.54) is 0 Å². The van der Waals surface area contributed by atoms with Gasteiger partial charge in [-0.2, -0.15) is 0 Å². The predicted molar refractivity (Wildman–Crippen MR) is 64.9 cm³/mol. The summed E-state index contributed by atoms with van der Waals surface area (Å²) in [5.41, 5.74) is 5.20. The number of hydrogen-bond acceptors (Lipinski definition) is 7. The van der Waals surface area contributed by atoms with Gasteiger partial charge in [-0.15, -0.1) is 0 Å². The van der Waals surface area contributed by atoms with Crippen LogP contribution >= 0.6 is 11.9 Å². The largest absolute Gasteiger partial charge is 0.480 e. The highest BCUT2D eigenvalue weighted by atomic mass is 32.2. The lowest BCUT2D eigenvalue weighted by atomic mass is 10.2. The maximum Gasteiger partial charge on any atom is 0.461 e. The number of carboxylic acids is 2. The highest BCUT2D eigenvalue weighted by Crippen LogP contribution is 2.06. The SMILES string of the molecule is N[C@@H](CCC(=O)SN[C@@H](C[S+]=O)C(=O)O)C(=O)O. The summed E-state index contributed by atoms with van der Waals surface area (Å²) in [5.74, 6) is -2.66. The molecule has 0 radical (unpaired) electrons. The number of carbonyl (C=O) groups is 3. The molecular formula is C8H13N2O6S2+. The van der Waals surface area contributed by atoms with Crippen molar-refractivity contribution in [1.29, 1.82) is 0 Å². The van der Waals surface area contributed by atoms with E-state index in [1.807, 2.05) is 0 Å². The second kappa shape index (κ2) is 8.91. The number of nitrogens with one attached hydrogen (secondary N) is 1. The third kappa shape index (κ3) is 7.27. The summed E-state index contributed by atoms with van der Waals surface area (Å²) < 4.78 is 12.5. The highest BCUT2D eigenvalue weighted by Gasteiger charge is 2.25. The molecule has 0 aromatic rings. The average Bonchev–Trinajstić information content (AvgIpc) is 2.30. The Morgan fingerprint density at radius 2 is 1.89 bits per heavy atom. The van der Waals surface area contributed by atoms with Gasteiger partial charge >= 0.3 is 23.6 Å². The quantitative estimate of drug-likeness (QED) is 0.305. The summed E-state index contributed by atoms with van der Waals surface area (Å²) in [7, 11) is 0. The van der Waals surface area contributed by atoms with Crippen LogP contribution in [0.5, 0.6) is 0 Å². The highest BCUT2D eigenvalue weighted by molar-refractivity contribution is 8.12. The van der Waals surface area contributed by atoms with E-state index in [0.29, 0.717) is 11.9 Å². The maximum absolute atomic E-state index is 11.3. The summed E-state index contributed by atoms with van der Waals surface area (Å²) in [5, 5.41) is 16.7. The fourth-order valence-electron chi connectivity index (χ4n) is 0.808. The van der Waals surface area contributed by atoms with E-state index < -0.39 is 29.1 Å². The Kier molecular flexibility index (Phi) is 8.37. The molecule has 0 saturated carbocycles. The van der Waals surface area contributed by atoms with Crippen molar-refractivity contribution in [1.82, 2.24) is 4.72 Å². The van der Waals surface area contributed by atoms with Gasteiger partial charge in [-0.25, -0.2) is 4.72 Å². The molecule has 8 nitrogen and oxygen atoms in total. The molecule has 5 N–H and O–H groups in total. The van der Waals surface area contributed by atoms with Crippen molar-refractivity contribution < 1.29 is 28.8 Å². The van der Waals surface area contributed by atoms with Crippen molar-refractivity contribution in [3.63, 3.8) is 0 Å². The second-order valence-electron chi connectivity index (χ2n) is 3.25. The van der Waals surface area contributed by atoms with E-state index in [0.717, 1.165) is 0 Å². The first-order valence-corrected chi connectivity index (χ1v) is 6.52. The van der Waals surface area contributed by atoms with Crippen LogP contribution in [0.25, 0.3) is 0 Å². The lowest BCUT2D eigenvalue weighted by molar-refractivity contribution is -0.139. The molecule has 0 amide bonds. The van der Waals surface area contributed by atoms with E-state index in [-0.39, 0.29) is 30.3 Å². The molecule has 0 aromatic heterocycles. The Hall–Kier alpha value is -1.10. The topological polar surface area (TPSA) is 147 Å². The first-order valence-electron chi connectivity index (χ1n) is 4.79. The van der Waals surface area contributed by atoms with E-state index in [4.69, 9.17) is 15.9 Å². The number of carbonyl (C=O) groups excluding carboxylic acids is 1. The van der Waals surface area contributed by atoms with Crippen LogP contribution < -0.4 is 10.5 Å². The van der Waals surface area contributed by atoms with Crippen molar-refractivity contribution in [2.24, 2.45) is 5.73 Å². The lowest BCUT2D eigenvalue weighted by Gasteiger charge is -2.07. The van der Waals surface area contributed by atoms with Gasteiger partial charge in [-0.3, -0.25) is 14.4 Å². The molecule has 18 heavy (non-hydrogen) atoms. The zero-order valence-electron chi connectivity index (χ0n) is 9.20. The maximum atomic E-state index is 11.3. The first-order chi connectivity index (χ1) is 8.38. The lowest BCUT2D eigenvalue weighted by Crippen LogP contribution is -2.36. The van der Waals surface area contributed by atoms with Gasteiger partial charge in [0.1, 0.15) is 6.04 Å². The number of carboxylic acid groups (broad SMARTS) is 2. The minimum Gasteiger partial charge on any atom is -0.480 e. The molecule has 0 fully saturated rings. The molecule has 0 aromatic carbocycles. The van der Waals surface area contributed by atoms with Gasteiger partial charge in [0, 0.05) is 10.6 Å². The number of nitrogens with two attached hydrogens (primary N) is 1. The van der Waals surface area contributed by atoms with Gasteiger partial charge in [0.05, 0.1) is 0 Å². The summed E-state index contributed by atoms with van der Waals surface area (Å²) in [4.78, 5) is 32.3. The molecule has 0 spiro atoms. The van der Waals surface area contributed by atoms with Crippen LogP contribution in [0.1, 0.15) is 12.8 Å². The van der Waals surface area contributed by atoms with Gasteiger partial charge in [-0.1, -0.05) is 0 Å². The third-order valence-corrected chi connectivity index (χ3v) is 3.13. The van der Waals surface area contributed by atoms with Crippen molar-refractivity contribution >= 4 is 40.7 Å². The van der Waals surface area contributed by atoms with Gasteiger partial charge < -0.3 is 15.9 Å². The van der Waals surface area contributed by atoms with Crippen LogP contribution in [-0.2, 0) is 30.3 Å². The van der Waals surface area contributed by atoms with E-state index in [9.17, 15) is 18.6 Å². The van der Waals surface area contributed by atoms with Gasteiger partial charge in [0.25, 0.3) is 5.75 Å². The Labute approximate surface area is 111 Å². The molecule has 0 saturated heterocycles. The Balaban J connectivity index is 3.98. The van der Waals surface area contributed by atoms with Crippen molar-refractivity contribution in [3.8, 4) is 0 Å². The molecule has 0 aliphatic rings. The smallest absolute Gasteiger partial charge is 0.461 e. The van der Waals surface area contributed by atoms with E-state index in [1.54, 1.807) is 0 Å². The third-order valence-electron chi connectivity index (χ3n) is 1.82. The molecule has 0 bridgehead atoms. The van der Waals surface area contributed by atoms with Crippen LogP contribution in [0, 0.1) is 0 Å². The Bertz CT molecular complexity index is 338. The van der Waals surface area contributed by atoms with E-state index >= 15 is 0 Å². The van der Waals surface area contributed by atoms with Crippen LogP contribution in [0.2, 0.25) is 0 Å². The van der Waals surface area contributed by atoms with Crippen molar-refractivity contribution in [2.45, 2.75) is 24.9 Å². The number of hydrogen-bond donors (Lipinski definition) is 4. The standard InChI is InChI=1S/C8H12N2O6S2/c9-4(7(12)13)1-2-6(11)18-10-5(3-17-16)8(14)15/h4-5,10H,1-3,9H2,(H-,12,13,14,15)/p+1/t4-,5-/m0/s1. The summed E-state index contributed by atoms with van der Waals surface area (Å²) in [6, 6.07) is -2.25. The number of rotatable bonds is 9. The summed E-state index contributed by atoms with van der Waals surface area (Å²) in [6.45, 7) is 0. The average molecular weight is 297 g/mol.